The van der Waals surface area contributed by atoms with Crippen LogP contribution in [-0.4, -0.2) is 35.7 Å². The fourth-order valence-electron chi connectivity index (χ4n) is 4.19. The quantitative estimate of drug-likeness (QED) is 0.274. The number of carbonyl (C=O) groups excluding carboxylic acids is 1. The lowest BCUT2D eigenvalue weighted by Crippen LogP contribution is -2.25. The molecule has 0 unspecified atom stereocenters. The van der Waals surface area contributed by atoms with E-state index in [-0.39, 0.29) is 5.91 Å². The average molecular weight is 472 g/mol. The third-order valence-electron chi connectivity index (χ3n) is 5.98. The number of imidazole rings is 1. The van der Waals surface area contributed by atoms with Crippen molar-refractivity contribution in [1.29, 1.82) is 0 Å². The summed E-state index contributed by atoms with van der Waals surface area (Å²) in [5.41, 5.74) is 3.95. The number of aryl methyl sites for hydroxylation is 3. The zero-order valence-electron chi connectivity index (χ0n) is 20.5. The number of rotatable bonds is 12. The van der Waals surface area contributed by atoms with Gasteiger partial charge in [0.05, 0.1) is 24.8 Å². The SMILES string of the molecule is COc1ccccc1OCCCCn1c(CCCNC(=O)c2cccc(C)c2)nc2ccccc21. The van der Waals surface area contributed by atoms with E-state index in [9.17, 15) is 4.79 Å². The highest BCUT2D eigenvalue weighted by atomic mass is 16.5. The molecule has 6 nitrogen and oxygen atoms in total. The number of fused-ring (bicyclic) bond motifs is 1. The van der Waals surface area contributed by atoms with Gasteiger partial charge in [-0.3, -0.25) is 4.79 Å². The molecule has 1 N–H and O–H groups in total. The molecule has 35 heavy (non-hydrogen) atoms. The molecule has 0 atom stereocenters. The second-order valence-electron chi connectivity index (χ2n) is 8.60. The topological polar surface area (TPSA) is 65.4 Å². The van der Waals surface area contributed by atoms with Gasteiger partial charge in [0, 0.05) is 25.1 Å². The lowest BCUT2D eigenvalue weighted by atomic mass is 10.1. The van der Waals surface area contributed by atoms with Gasteiger partial charge in [0.1, 0.15) is 5.82 Å². The van der Waals surface area contributed by atoms with Crippen LogP contribution in [0.5, 0.6) is 11.5 Å². The third kappa shape index (κ3) is 6.41. The van der Waals surface area contributed by atoms with Crippen molar-refractivity contribution in [3.8, 4) is 11.5 Å². The molecular formula is C29H33N3O3. The zero-order valence-corrected chi connectivity index (χ0v) is 20.5. The summed E-state index contributed by atoms with van der Waals surface area (Å²) in [6.07, 6.45) is 3.54. The second-order valence-corrected chi connectivity index (χ2v) is 8.60. The Morgan fingerprint density at radius 2 is 1.74 bits per heavy atom. The number of benzene rings is 3. The first-order valence-corrected chi connectivity index (χ1v) is 12.2. The first-order valence-electron chi connectivity index (χ1n) is 12.2. The van der Waals surface area contributed by atoms with Gasteiger partial charge < -0.3 is 19.4 Å². The monoisotopic (exact) mass is 471 g/mol. The summed E-state index contributed by atoms with van der Waals surface area (Å²) in [7, 11) is 1.65. The molecule has 0 bridgehead atoms. The molecule has 1 heterocycles. The molecule has 0 saturated heterocycles. The summed E-state index contributed by atoms with van der Waals surface area (Å²) < 4.78 is 13.6. The summed E-state index contributed by atoms with van der Waals surface area (Å²) in [6, 6.07) is 23.6. The van der Waals surface area contributed by atoms with Crippen molar-refractivity contribution >= 4 is 16.9 Å². The lowest BCUT2D eigenvalue weighted by Gasteiger charge is -2.12. The highest BCUT2D eigenvalue weighted by molar-refractivity contribution is 5.94. The van der Waals surface area contributed by atoms with Crippen LogP contribution in [0.2, 0.25) is 0 Å². The number of hydrogen-bond donors (Lipinski definition) is 1. The van der Waals surface area contributed by atoms with Gasteiger partial charge in [-0.2, -0.15) is 0 Å². The van der Waals surface area contributed by atoms with E-state index in [2.05, 4.69) is 28.1 Å². The van der Waals surface area contributed by atoms with Crippen LogP contribution in [0.25, 0.3) is 11.0 Å². The molecular weight excluding hydrogens is 438 g/mol. The van der Waals surface area contributed by atoms with Gasteiger partial charge in [-0.25, -0.2) is 4.98 Å². The maximum absolute atomic E-state index is 12.4. The standard InChI is InChI=1S/C29H33N3O3/c1-22-11-9-12-23(21-22)29(33)30-18-10-17-28-31-24-13-3-4-14-25(24)32(28)19-7-8-20-35-27-16-6-5-15-26(27)34-2/h3-6,9,11-16,21H,7-8,10,17-20H2,1-2H3,(H,30,33). The number of amides is 1. The number of nitrogens with zero attached hydrogens (tertiary/aromatic N) is 2. The van der Waals surface area contributed by atoms with Crippen molar-refractivity contribution in [3.63, 3.8) is 0 Å². The smallest absolute Gasteiger partial charge is 0.251 e. The number of para-hydroxylation sites is 4. The molecule has 0 aliphatic heterocycles. The number of methoxy groups -OCH3 is 1. The van der Waals surface area contributed by atoms with Gasteiger partial charge in [-0.05, 0) is 62.6 Å². The van der Waals surface area contributed by atoms with Crippen LogP contribution in [0.1, 0.15) is 41.0 Å². The van der Waals surface area contributed by atoms with E-state index in [1.807, 2.05) is 61.5 Å². The van der Waals surface area contributed by atoms with E-state index in [1.54, 1.807) is 7.11 Å². The predicted octanol–water partition coefficient (Wildman–Crippen LogP) is 5.58. The first kappa shape index (κ1) is 24.3. The molecule has 0 aliphatic carbocycles. The fraction of sp³-hybridized carbons (Fsp3) is 0.310. The summed E-state index contributed by atoms with van der Waals surface area (Å²) in [5, 5.41) is 3.03. The number of nitrogens with one attached hydrogen (secondary N) is 1. The summed E-state index contributed by atoms with van der Waals surface area (Å²) in [5.74, 6) is 2.56. The molecule has 3 aromatic carbocycles. The normalized spacial score (nSPS) is 10.9. The molecule has 0 aliphatic rings. The van der Waals surface area contributed by atoms with Gasteiger partial charge in [0.25, 0.3) is 5.91 Å². The first-order chi connectivity index (χ1) is 17.2. The highest BCUT2D eigenvalue weighted by Gasteiger charge is 2.11. The molecule has 1 amide bonds. The lowest BCUT2D eigenvalue weighted by molar-refractivity contribution is 0.0953. The predicted molar refractivity (Wildman–Crippen MR) is 139 cm³/mol. The molecule has 182 valence electrons. The van der Waals surface area contributed by atoms with Crippen molar-refractivity contribution < 1.29 is 14.3 Å². The molecule has 0 fully saturated rings. The summed E-state index contributed by atoms with van der Waals surface area (Å²) in [4.78, 5) is 17.3. The Hall–Kier alpha value is -3.80. The molecule has 0 radical (unpaired) electrons. The van der Waals surface area contributed by atoms with Crippen molar-refractivity contribution in [2.24, 2.45) is 0 Å². The Bertz CT molecular complexity index is 1270. The Morgan fingerprint density at radius 1 is 0.943 bits per heavy atom. The largest absolute Gasteiger partial charge is 0.493 e. The number of carbonyl (C=O) groups is 1. The molecule has 4 rings (SSSR count). The fourth-order valence-corrected chi connectivity index (χ4v) is 4.19. The van der Waals surface area contributed by atoms with E-state index in [0.29, 0.717) is 18.7 Å². The van der Waals surface area contributed by atoms with E-state index in [1.165, 1.54) is 0 Å². The van der Waals surface area contributed by atoms with E-state index in [0.717, 1.165) is 66.1 Å². The maximum Gasteiger partial charge on any atom is 0.251 e. The Labute approximate surface area is 206 Å². The molecule has 4 aromatic rings. The van der Waals surface area contributed by atoms with Crippen LogP contribution >= 0.6 is 0 Å². The van der Waals surface area contributed by atoms with E-state index in [4.69, 9.17) is 14.5 Å². The van der Waals surface area contributed by atoms with Crippen molar-refractivity contribution in [3.05, 3.63) is 89.7 Å². The summed E-state index contributed by atoms with van der Waals surface area (Å²) >= 11 is 0. The van der Waals surface area contributed by atoms with Crippen LogP contribution in [0, 0.1) is 6.92 Å². The second kappa shape index (κ2) is 12.1. The van der Waals surface area contributed by atoms with Crippen molar-refractivity contribution in [2.45, 2.75) is 39.2 Å². The van der Waals surface area contributed by atoms with E-state index >= 15 is 0 Å². The molecule has 0 saturated carbocycles. The number of hydrogen-bond acceptors (Lipinski definition) is 4. The van der Waals surface area contributed by atoms with Crippen LogP contribution in [0.4, 0.5) is 0 Å². The Morgan fingerprint density at radius 3 is 2.57 bits per heavy atom. The molecule has 1 aromatic heterocycles. The zero-order chi connectivity index (χ0) is 24.5. The molecule has 6 heteroatoms. The highest BCUT2D eigenvalue weighted by Crippen LogP contribution is 2.26. The van der Waals surface area contributed by atoms with Crippen LogP contribution < -0.4 is 14.8 Å². The number of ether oxygens (including phenoxy) is 2. The van der Waals surface area contributed by atoms with Gasteiger partial charge in [0.15, 0.2) is 11.5 Å². The minimum Gasteiger partial charge on any atom is -0.493 e. The minimum atomic E-state index is -0.0303. The average Bonchev–Trinajstić information content (AvgIpc) is 3.23. The summed E-state index contributed by atoms with van der Waals surface area (Å²) in [6.45, 7) is 4.11. The van der Waals surface area contributed by atoms with Gasteiger partial charge in [0.2, 0.25) is 0 Å². The number of unbranched alkanes of at least 4 members (excludes halogenated alkanes) is 1. The minimum absolute atomic E-state index is 0.0303. The van der Waals surface area contributed by atoms with Crippen molar-refractivity contribution in [1.82, 2.24) is 14.9 Å². The van der Waals surface area contributed by atoms with Crippen LogP contribution in [0.15, 0.2) is 72.8 Å². The van der Waals surface area contributed by atoms with Crippen molar-refractivity contribution in [2.75, 3.05) is 20.3 Å². The molecule has 0 spiro atoms. The van der Waals surface area contributed by atoms with Gasteiger partial charge in [-0.1, -0.05) is 42.0 Å². The Balaban J connectivity index is 1.30. The Kier molecular flexibility index (Phi) is 8.39. The van der Waals surface area contributed by atoms with E-state index < -0.39 is 0 Å². The van der Waals surface area contributed by atoms with Gasteiger partial charge >= 0.3 is 0 Å². The van der Waals surface area contributed by atoms with Gasteiger partial charge in [-0.15, -0.1) is 0 Å². The number of aromatic nitrogens is 2. The maximum atomic E-state index is 12.4. The van der Waals surface area contributed by atoms with Crippen LogP contribution in [-0.2, 0) is 13.0 Å². The third-order valence-corrected chi connectivity index (χ3v) is 5.98. The van der Waals surface area contributed by atoms with Crippen LogP contribution in [0.3, 0.4) is 0 Å².